The molecule has 1 aromatic carbocycles. The van der Waals surface area contributed by atoms with Crippen molar-refractivity contribution in [2.75, 3.05) is 0 Å². The van der Waals surface area contributed by atoms with Crippen LogP contribution in [-0.4, -0.2) is 9.36 Å². The summed E-state index contributed by atoms with van der Waals surface area (Å²) in [5, 5.41) is 0.627. The molecular formula is C17H17ClN2O. The zero-order valence-electron chi connectivity index (χ0n) is 12.2. The van der Waals surface area contributed by atoms with E-state index in [0.717, 1.165) is 11.3 Å². The number of benzene rings is 1. The predicted octanol–water partition coefficient (Wildman–Crippen LogP) is 3.37. The SMILES string of the molecule is Cn1c2c(c(=O)n1-c1ccccc1Cl)[C@H]1CC[C@@]23CC13C. The molecule has 5 rings (SSSR count). The highest BCUT2D eigenvalue weighted by atomic mass is 35.5. The van der Waals surface area contributed by atoms with Crippen molar-refractivity contribution in [1.29, 1.82) is 0 Å². The molecule has 0 spiro atoms. The number of para-hydroxylation sites is 1. The van der Waals surface area contributed by atoms with Gasteiger partial charge in [-0.2, -0.15) is 0 Å². The second-order valence-electron chi connectivity index (χ2n) is 7.12. The summed E-state index contributed by atoms with van der Waals surface area (Å²) < 4.78 is 3.84. The van der Waals surface area contributed by atoms with Gasteiger partial charge in [-0.3, -0.25) is 9.48 Å². The maximum Gasteiger partial charge on any atom is 0.275 e. The Labute approximate surface area is 128 Å². The van der Waals surface area contributed by atoms with Crippen molar-refractivity contribution < 1.29 is 0 Å². The minimum absolute atomic E-state index is 0.137. The molecule has 0 aliphatic heterocycles. The first kappa shape index (κ1) is 12.1. The van der Waals surface area contributed by atoms with Gasteiger partial charge in [0, 0.05) is 18.0 Å². The molecule has 0 radical (unpaired) electrons. The highest BCUT2D eigenvalue weighted by Crippen LogP contribution is 2.83. The summed E-state index contributed by atoms with van der Waals surface area (Å²) in [6, 6.07) is 7.59. The first-order valence-electron chi connectivity index (χ1n) is 7.58. The van der Waals surface area contributed by atoms with Crippen LogP contribution in [0.15, 0.2) is 29.1 Å². The molecule has 1 aromatic heterocycles. The van der Waals surface area contributed by atoms with Crippen molar-refractivity contribution >= 4 is 11.6 Å². The average Bonchev–Trinajstić information content (AvgIpc) is 2.70. The molecule has 0 saturated heterocycles. The van der Waals surface area contributed by atoms with E-state index in [-0.39, 0.29) is 11.0 Å². The third-order valence-electron chi connectivity index (χ3n) is 6.45. The Kier molecular flexibility index (Phi) is 1.90. The molecular weight excluding hydrogens is 284 g/mol. The Hall–Kier alpha value is -1.48. The number of fused-ring (bicyclic) bond motifs is 2. The molecule has 21 heavy (non-hydrogen) atoms. The van der Waals surface area contributed by atoms with E-state index in [2.05, 4.69) is 11.6 Å². The van der Waals surface area contributed by atoms with Crippen LogP contribution in [-0.2, 0) is 12.5 Å². The molecule has 2 saturated carbocycles. The van der Waals surface area contributed by atoms with E-state index in [4.69, 9.17) is 11.6 Å². The van der Waals surface area contributed by atoms with Gasteiger partial charge in [0.15, 0.2) is 0 Å². The molecule has 4 heteroatoms. The van der Waals surface area contributed by atoms with Crippen LogP contribution in [0, 0.1) is 5.41 Å². The van der Waals surface area contributed by atoms with Gasteiger partial charge < -0.3 is 0 Å². The molecule has 3 aliphatic rings. The van der Waals surface area contributed by atoms with Crippen molar-refractivity contribution in [3.8, 4) is 5.69 Å². The third-order valence-corrected chi connectivity index (χ3v) is 6.77. The lowest BCUT2D eigenvalue weighted by molar-refractivity contribution is 0.470. The third kappa shape index (κ3) is 1.08. The lowest BCUT2D eigenvalue weighted by atomic mass is 9.86. The van der Waals surface area contributed by atoms with Crippen molar-refractivity contribution in [1.82, 2.24) is 9.36 Å². The van der Waals surface area contributed by atoms with Crippen LogP contribution in [0.2, 0.25) is 5.02 Å². The van der Waals surface area contributed by atoms with Crippen LogP contribution < -0.4 is 5.56 Å². The van der Waals surface area contributed by atoms with E-state index in [1.54, 1.807) is 4.68 Å². The highest BCUT2D eigenvalue weighted by Gasteiger charge is 2.78. The van der Waals surface area contributed by atoms with E-state index in [1.807, 2.05) is 31.3 Å². The summed E-state index contributed by atoms with van der Waals surface area (Å²) in [4.78, 5) is 13.0. The number of halogens is 1. The minimum Gasteiger partial charge on any atom is -0.284 e. The van der Waals surface area contributed by atoms with Crippen LogP contribution in [0.3, 0.4) is 0 Å². The molecule has 108 valence electrons. The first-order chi connectivity index (χ1) is 10.0. The summed E-state index contributed by atoms with van der Waals surface area (Å²) in [5.74, 6) is 0.454. The number of nitrogens with zero attached hydrogens (tertiary/aromatic N) is 2. The summed E-state index contributed by atoms with van der Waals surface area (Å²) in [6.45, 7) is 2.37. The van der Waals surface area contributed by atoms with E-state index < -0.39 is 0 Å². The topological polar surface area (TPSA) is 26.9 Å². The van der Waals surface area contributed by atoms with Crippen LogP contribution in [0.25, 0.3) is 5.69 Å². The molecule has 1 heterocycles. The molecule has 1 unspecified atom stereocenters. The van der Waals surface area contributed by atoms with E-state index >= 15 is 0 Å². The number of hydrogen-bond acceptors (Lipinski definition) is 1. The molecule has 0 N–H and O–H groups in total. The smallest absolute Gasteiger partial charge is 0.275 e. The second kappa shape index (κ2) is 3.30. The Bertz CT molecular complexity index is 860. The van der Waals surface area contributed by atoms with Gasteiger partial charge in [0.1, 0.15) is 0 Å². The lowest BCUT2D eigenvalue weighted by Gasteiger charge is -2.19. The van der Waals surface area contributed by atoms with Crippen LogP contribution >= 0.6 is 11.6 Å². The first-order valence-corrected chi connectivity index (χ1v) is 7.96. The average molecular weight is 301 g/mol. The minimum atomic E-state index is 0.137. The summed E-state index contributed by atoms with van der Waals surface area (Å²) in [6.07, 6.45) is 3.66. The van der Waals surface area contributed by atoms with Crippen molar-refractivity contribution in [3.63, 3.8) is 0 Å². The van der Waals surface area contributed by atoms with Crippen molar-refractivity contribution in [2.24, 2.45) is 12.5 Å². The largest absolute Gasteiger partial charge is 0.284 e. The Morgan fingerprint density at radius 2 is 2.10 bits per heavy atom. The molecule has 0 amide bonds. The van der Waals surface area contributed by atoms with Gasteiger partial charge in [0.25, 0.3) is 5.56 Å². The van der Waals surface area contributed by atoms with Crippen molar-refractivity contribution in [3.05, 3.63) is 50.9 Å². The zero-order valence-corrected chi connectivity index (χ0v) is 12.9. The summed E-state index contributed by atoms with van der Waals surface area (Å²) >= 11 is 6.31. The maximum atomic E-state index is 13.0. The zero-order chi connectivity index (χ0) is 14.6. The molecule has 3 atom stereocenters. The van der Waals surface area contributed by atoms with Gasteiger partial charge in [-0.25, -0.2) is 4.68 Å². The van der Waals surface area contributed by atoms with Crippen LogP contribution in [0.4, 0.5) is 0 Å². The normalized spacial score (nSPS) is 34.9. The van der Waals surface area contributed by atoms with E-state index in [0.29, 0.717) is 16.4 Å². The molecule has 2 fully saturated rings. The number of aromatic nitrogens is 2. The Balaban J connectivity index is 1.84. The van der Waals surface area contributed by atoms with Gasteiger partial charge in [0.2, 0.25) is 0 Å². The van der Waals surface area contributed by atoms with Crippen LogP contribution in [0.1, 0.15) is 43.4 Å². The number of rotatable bonds is 1. The van der Waals surface area contributed by atoms with Gasteiger partial charge in [-0.05, 0) is 42.7 Å². The molecule has 3 nitrogen and oxygen atoms in total. The fourth-order valence-corrected chi connectivity index (χ4v) is 5.68. The van der Waals surface area contributed by atoms with E-state index in [1.165, 1.54) is 25.0 Å². The Morgan fingerprint density at radius 1 is 1.33 bits per heavy atom. The maximum absolute atomic E-state index is 13.0. The second-order valence-corrected chi connectivity index (χ2v) is 7.53. The lowest BCUT2D eigenvalue weighted by Crippen LogP contribution is -2.24. The van der Waals surface area contributed by atoms with Gasteiger partial charge in [0.05, 0.1) is 16.4 Å². The van der Waals surface area contributed by atoms with Crippen LogP contribution in [0.5, 0.6) is 0 Å². The fourth-order valence-electron chi connectivity index (χ4n) is 5.46. The predicted molar refractivity (Wildman–Crippen MR) is 82.4 cm³/mol. The number of hydrogen-bond donors (Lipinski definition) is 0. The fraction of sp³-hybridized carbons (Fsp3) is 0.471. The molecule has 2 aromatic rings. The Morgan fingerprint density at radius 3 is 2.76 bits per heavy atom. The monoisotopic (exact) mass is 300 g/mol. The highest BCUT2D eigenvalue weighted by molar-refractivity contribution is 6.32. The van der Waals surface area contributed by atoms with Gasteiger partial charge >= 0.3 is 0 Å². The molecule has 2 bridgehead atoms. The van der Waals surface area contributed by atoms with Gasteiger partial charge in [-0.15, -0.1) is 0 Å². The summed E-state index contributed by atoms with van der Waals surface area (Å²) in [7, 11) is 2.01. The summed E-state index contributed by atoms with van der Waals surface area (Å²) in [5.41, 5.74) is 3.91. The molecule has 3 aliphatic carbocycles. The van der Waals surface area contributed by atoms with Crippen molar-refractivity contribution in [2.45, 2.75) is 37.5 Å². The quantitative estimate of drug-likeness (QED) is 0.793. The van der Waals surface area contributed by atoms with E-state index in [9.17, 15) is 4.79 Å². The standard InChI is InChI=1S/C17H17ClN2O/c1-16-9-17(16)8-7-10(16)13-14(17)19(2)20(15(13)21)12-6-4-3-5-11(12)18/h3-6,10H,7-9H2,1-2H3/t10-,16?,17-/m1/s1. The van der Waals surface area contributed by atoms with Gasteiger partial charge in [-0.1, -0.05) is 30.7 Å².